The molecule has 2 N–H and O–H groups in total. The van der Waals surface area contributed by atoms with Crippen LogP contribution < -0.4 is 10.0 Å². The number of fused-ring (bicyclic) bond motifs is 2. The summed E-state index contributed by atoms with van der Waals surface area (Å²) in [5, 5.41) is 9.93. The molecule has 8 heteroatoms. The number of ether oxygens (including phenoxy) is 1. The summed E-state index contributed by atoms with van der Waals surface area (Å²) in [5.74, 6) is -0.850. The average molecular weight is 520 g/mol. The van der Waals surface area contributed by atoms with Crippen LogP contribution in [0.2, 0.25) is 0 Å². The molecular weight excluding hydrogens is 502 g/mol. The lowest BCUT2D eigenvalue weighted by atomic mass is 9.88. The van der Waals surface area contributed by atoms with Crippen LogP contribution in [-0.2, 0) is 21.3 Å². The zero-order valence-corrected chi connectivity index (χ0v) is 19.7. The Balaban J connectivity index is 1.79. The van der Waals surface area contributed by atoms with Crippen molar-refractivity contribution in [2.24, 2.45) is 5.73 Å². The lowest BCUT2D eigenvalue weighted by Crippen LogP contribution is -2.39. The highest BCUT2D eigenvalue weighted by molar-refractivity contribution is 9.10. The molecule has 1 atom stereocenters. The summed E-state index contributed by atoms with van der Waals surface area (Å²) in [6.07, 6.45) is 0. The third-order valence-electron chi connectivity index (χ3n) is 5.74. The summed E-state index contributed by atoms with van der Waals surface area (Å²) in [7, 11) is -4.09. The van der Waals surface area contributed by atoms with Crippen molar-refractivity contribution in [3.8, 4) is 6.07 Å². The van der Waals surface area contributed by atoms with E-state index >= 15 is 0 Å². The minimum absolute atomic E-state index is 0.00906. The van der Waals surface area contributed by atoms with Crippen molar-refractivity contribution in [3.05, 3.63) is 116 Å². The van der Waals surface area contributed by atoms with E-state index in [4.69, 9.17) is 10.5 Å². The Morgan fingerprint density at radius 1 is 1.00 bits per heavy atom. The van der Waals surface area contributed by atoms with Gasteiger partial charge in [0.05, 0.1) is 18.2 Å². The van der Waals surface area contributed by atoms with Gasteiger partial charge in [-0.25, -0.2) is 8.42 Å². The fourth-order valence-corrected chi connectivity index (χ4v) is 6.67. The molecule has 0 saturated heterocycles. The van der Waals surface area contributed by atoms with E-state index in [1.54, 1.807) is 36.4 Å². The molecule has 3 aromatic rings. The number of nitrogens with zero attached hydrogens (tertiary/aromatic N) is 2. The standard InChI is InChI=1S/C25H18BrN3O3S/c26-20-12-6-4-10-17(20)22-19(14-27)25(28)32-23-18-11-5-7-13-21(18)29(33(30,31)24(22)23)15-16-8-2-1-3-9-16/h1-13,22H,15,28H2/t22-/m0/s1. The van der Waals surface area contributed by atoms with Gasteiger partial charge < -0.3 is 10.5 Å². The van der Waals surface area contributed by atoms with Crippen LogP contribution >= 0.6 is 15.9 Å². The van der Waals surface area contributed by atoms with Gasteiger partial charge in [-0.1, -0.05) is 76.6 Å². The van der Waals surface area contributed by atoms with Crippen molar-refractivity contribution >= 4 is 37.4 Å². The van der Waals surface area contributed by atoms with Gasteiger partial charge in [0.1, 0.15) is 16.5 Å². The highest BCUT2D eigenvalue weighted by Crippen LogP contribution is 2.52. The van der Waals surface area contributed by atoms with Crippen molar-refractivity contribution in [2.75, 3.05) is 4.31 Å². The Morgan fingerprint density at radius 2 is 1.67 bits per heavy atom. The maximum absolute atomic E-state index is 14.2. The number of nitriles is 1. The normalized spacial score (nSPS) is 18.8. The predicted octanol–water partition coefficient (Wildman–Crippen LogP) is 4.98. The number of hydrogen-bond acceptors (Lipinski definition) is 5. The molecule has 0 bridgehead atoms. The van der Waals surface area contributed by atoms with Gasteiger partial charge in [-0.15, -0.1) is 0 Å². The van der Waals surface area contributed by atoms with Gasteiger partial charge in [0.25, 0.3) is 10.0 Å². The smallest absolute Gasteiger partial charge is 0.265 e. The highest BCUT2D eigenvalue weighted by atomic mass is 79.9. The Labute approximate surface area is 200 Å². The third-order valence-corrected chi connectivity index (χ3v) is 8.35. The molecule has 2 heterocycles. The fourth-order valence-electron chi connectivity index (χ4n) is 4.25. The van der Waals surface area contributed by atoms with Crippen LogP contribution in [0.5, 0.6) is 0 Å². The average Bonchev–Trinajstić information content (AvgIpc) is 2.82. The number of hydrogen-bond donors (Lipinski definition) is 1. The van der Waals surface area contributed by atoms with E-state index in [-0.39, 0.29) is 28.7 Å². The Bertz CT molecular complexity index is 1470. The molecule has 33 heavy (non-hydrogen) atoms. The monoisotopic (exact) mass is 519 g/mol. The number of halogens is 1. The SMILES string of the molecule is N#CC1=C(N)OC2=C([C@H]1c1ccccc1Br)S(=O)(=O)N(Cc1ccccc1)c1ccccc12. The van der Waals surface area contributed by atoms with Crippen molar-refractivity contribution in [2.45, 2.75) is 12.5 Å². The minimum atomic E-state index is -4.09. The van der Waals surface area contributed by atoms with Crippen LogP contribution in [0, 0.1) is 11.3 Å². The molecule has 0 unspecified atom stereocenters. The lowest BCUT2D eigenvalue weighted by Gasteiger charge is -2.38. The summed E-state index contributed by atoms with van der Waals surface area (Å²) in [6.45, 7) is 0.140. The molecule has 0 saturated carbocycles. The molecule has 0 fully saturated rings. The second kappa shape index (κ2) is 8.10. The largest absolute Gasteiger partial charge is 0.439 e. The van der Waals surface area contributed by atoms with Crippen molar-refractivity contribution in [3.63, 3.8) is 0 Å². The molecule has 2 aliphatic rings. The van der Waals surface area contributed by atoms with Crippen molar-refractivity contribution in [1.29, 1.82) is 5.26 Å². The molecule has 0 aromatic heterocycles. The van der Waals surface area contributed by atoms with Crippen LogP contribution in [0.25, 0.3) is 5.76 Å². The zero-order chi connectivity index (χ0) is 23.2. The first-order chi connectivity index (χ1) is 15.9. The lowest BCUT2D eigenvalue weighted by molar-refractivity contribution is 0.357. The second-order valence-electron chi connectivity index (χ2n) is 7.65. The Morgan fingerprint density at radius 3 is 2.39 bits per heavy atom. The van der Waals surface area contributed by atoms with E-state index in [1.165, 1.54) is 4.31 Å². The highest BCUT2D eigenvalue weighted by Gasteiger charge is 2.47. The third kappa shape index (κ3) is 3.41. The number of allylic oxidation sites excluding steroid dienone is 2. The number of para-hydroxylation sites is 1. The molecule has 164 valence electrons. The summed E-state index contributed by atoms with van der Waals surface area (Å²) in [4.78, 5) is 0.00906. The van der Waals surface area contributed by atoms with Gasteiger partial charge in [-0.05, 0) is 29.3 Å². The second-order valence-corrected chi connectivity index (χ2v) is 10.3. The van der Waals surface area contributed by atoms with E-state index in [9.17, 15) is 13.7 Å². The number of benzene rings is 3. The van der Waals surface area contributed by atoms with Gasteiger partial charge in [-0.3, -0.25) is 4.31 Å². The van der Waals surface area contributed by atoms with Crippen LogP contribution in [0.15, 0.2) is 99.7 Å². The number of nitrogens with two attached hydrogens (primary N) is 1. The molecular formula is C25H18BrN3O3S. The van der Waals surface area contributed by atoms with Gasteiger partial charge in [0.2, 0.25) is 5.88 Å². The van der Waals surface area contributed by atoms with E-state index in [1.807, 2.05) is 42.5 Å². The minimum Gasteiger partial charge on any atom is -0.439 e. The van der Waals surface area contributed by atoms with Gasteiger partial charge in [0.15, 0.2) is 5.76 Å². The van der Waals surface area contributed by atoms with E-state index in [0.717, 1.165) is 5.56 Å². The summed E-state index contributed by atoms with van der Waals surface area (Å²) >= 11 is 3.52. The molecule has 3 aromatic carbocycles. The Hall–Kier alpha value is -3.54. The van der Waals surface area contributed by atoms with E-state index in [2.05, 4.69) is 22.0 Å². The number of rotatable bonds is 3. The molecule has 0 aliphatic carbocycles. The first-order valence-electron chi connectivity index (χ1n) is 10.2. The summed E-state index contributed by atoms with van der Waals surface area (Å²) < 4.78 is 36.2. The number of sulfonamides is 1. The number of anilines is 1. The van der Waals surface area contributed by atoms with Crippen LogP contribution in [0.1, 0.15) is 22.6 Å². The first-order valence-corrected chi connectivity index (χ1v) is 12.4. The topological polar surface area (TPSA) is 96.4 Å². The maximum atomic E-state index is 14.2. The van der Waals surface area contributed by atoms with Gasteiger partial charge in [0, 0.05) is 10.0 Å². The van der Waals surface area contributed by atoms with Crippen LogP contribution in [-0.4, -0.2) is 8.42 Å². The molecule has 0 spiro atoms. The van der Waals surface area contributed by atoms with Crippen LogP contribution in [0.4, 0.5) is 5.69 Å². The molecule has 6 nitrogen and oxygen atoms in total. The molecule has 0 amide bonds. The zero-order valence-electron chi connectivity index (χ0n) is 17.3. The molecule has 5 rings (SSSR count). The van der Waals surface area contributed by atoms with E-state index in [0.29, 0.717) is 21.3 Å². The van der Waals surface area contributed by atoms with Gasteiger partial charge >= 0.3 is 0 Å². The fraction of sp³-hybridized carbons (Fsp3) is 0.0800. The van der Waals surface area contributed by atoms with Crippen molar-refractivity contribution in [1.82, 2.24) is 0 Å². The summed E-state index contributed by atoms with van der Waals surface area (Å²) in [5.41, 5.74) is 8.78. The summed E-state index contributed by atoms with van der Waals surface area (Å²) in [6, 6.07) is 25.8. The van der Waals surface area contributed by atoms with Crippen LogP contribution in [0.3, 0.4) is 0 Å². The molecule has 2 aliphatic heterocycles. The first kappa shape index (κ1) is 21.3. The van der Waals surface area contributed by atoms with Gasteiger partial charge in [-0.2, -0.15) is 5.26 Å². The van der Waals surface area contributed by atoms with Crippen molar-refractivity contribution < 1.29 is 13.2 Å². The Kier molecular flexibility index (Phi) is 5.23. The molecule has 0 radical (unpaired) electrons. The quantitative estimate of drug-likeness (QED) is 0.526. The van der Waals surface area contributed by atoms with E-state index < -0.39 is 15.9 Å². The maximum Gasteiger partial charge on any atom is 0.265 e. The predicted molar refractivity (Wildman–Crippen MR) is 130 cm³/mol.